The highest BCUT2D eigenvalue weighted by Gasteiger charge is 2.16. The highest BCUT2D eigenvalue weighted by Crippen LogP contribution is 2.26. The van der Waals surface area contributed by atoms with Crippen LogP contribution in [0.15, 0.2) is 90.1 Å². The smallest absolute Gasteiger partial charge is 0.196 e. The van der Waals surface area contributed by atoms with Crippen LogP contribution in [0.3, 0.4) is 0 Å². The summed E-state index contributed by atoms with van der Waals surface area (Å²) >= 11 is 1.60. The van der Waals surface area contributed by atoms with Gasteiger partial charge in [0.25, 0.3) is 0 Å². The van der Waals surface area contributed by atoms with E-state index in [0.717, 1.165) is 16.6 Å². The highest BCUT2D eigenvalue weighted by molar-refractivity contribution is 7.98. The zero-order chi connectivity index (χ0) is 19.2. The Morgan fingerprint density at radius 3 is 2.25 bits per heavy atom. The molecule has 1 heterocycles. The number of aromatic nitrogens is 3. The van der Waals surface area contributed by atoms with Gasteiger partial charge in [-0.1, -0.05) is 72.4 Å². The van der Waals surface area contributed by atoms with Gasteiger partial charge in [0, 0.05) is 11.4 Å². The SMILES string of the molecule is Fc1ccccc1OCc1nnc(SCc2ccccc2)n1-c1ccccc1. The van der Waals surface area contributed by atoms with Crippen molar-refractivity contribution in [3.63, 3.8) is 0 Å². The molecule has 0 aliphatic heterocycles. The summed E-state index contributed by atoms with van der Waals surface area (Å²) in [4.78, 5) is 0. The lowest BCUT2D eigenvalue weighted by molar-refractivity contribution is 0.278. The summed E-state index contributed by atoms with van der Waals surface area (Å²) in [7, 11) is 0. The molecular formula is C22H18FN3OS. The Bertz CT molecular complexity index is 1040. The number of hydrogen-bond donors (Lipinski definition) is 0. The van der Waals surface area contributed by atoms with Crippen molar-refractivity contribution in [1.29, 1.82) is 0 Å². The number of benzene rings is 3. The molecule has 28 heavy (non-hydrogen) atoms. The minimum absolute atomic E-state index is 0.120. The molecule has 0 aliphatic rings. The summed E-state index contributed by atoms with van der Waals surface area (Å²) in [6, 6.07) is 26.4. The molecule has 0 spiro atoms. The molecule has 0 unspecified atom stereocenters. The lowest BCUT2D eigenvalue weighted by atomic mass is 10.2. The van der Waals surface area contributed by atoms with E-state index in [1.54, 1.807) is 30.0 Å². The van der Waals surface area contributed by atoms with Crippen LogP contribution in [0.4, 0.5) is 4.39 Å². The zero-order valence-electron chi connectivity index (χ0n) is 15.0. The van der Waals surface area contributed by atoms with Gasteiger partial charge in [-0.25, -0.2) is 4.39 Å². The van der Waals surface area contributed by atoms with Gasteiger partial charge >= 0.3 is 0 Å². The van der Waals surface area contributed by atoms with Crippen LogP contribution in [0.2, 0.25) is 0 Å². The molecule has 0 N–H and O–H groups in total. The molecule has 1 aromatic heterocycles. The van der Waals surface area contributed by atoms with Crippen LogP contribution in [0.1, 0.15) is 11.4 Å². The Balaban J connectivity index is 1.59. The lowest BCUT2D eigenvalue weighted by Crippen LogP contribution is -2.07. The first kappa shape index (κ1) is 18.3. The van der Waals surface area contributed by atoms with Crippen molar-refractivity contribution in [3.8, 4) is 11.4 Å². The standard InChI is InChI=1S/C22H18FN3OS/c23-19-13-7-8-14-20(19)27-15-21-24-25-22(26(21)18-11-5-2-6-12-18)28-16-17-9-3-1-4-10-17/h1-14H,15-16H2. The Morgan fingerprint density at radius 1 is 0.821 bits per heavy atom. The second-order valence-corrected chi connectivity index (χ2v) is 7.01. The molecule has 4 rings (SSSR count). The maximum absolute atomic E-state index is 13.9. The molecule has 0 atom stereocenters. The Morgan fingerprint density at radius 2 is 1.50 bits per heavy atom. The molecule has 3 aromatic carbocycles. The molecule has 0 fully saturated rings. The normalized spacial score (nSPS) is 10.8. The largest absolute Gasteiger partial charge is 0.483 e. The van der Waals surface area contributed by atoms with Gasteiger partial charge < -0.3 is 4.74 Å². The van der Waals surface area contributed by atoms with E-state index in [9.17, 15) is 4.39 Å². The van der Waals surface area contributed by atoms with E-state index >= 15 is 0 Å². The van der Waals surface area contributed by atoms with Gasteiger partial charge in [-0.3, -0.25) is 4.57 Å². The summed E-state index contributed by atoms with van der Waals surface area (Å²) in [5.74, 6) is 1.19. The average Bonchev–Trinajstić information content (AvgIpc) is 3.16. The van der Waals surface area contributed by atoms with Gasteiger partial charge in [0.15, 0.2) is 22.5 Å². The first-order valence-electron chi connectivity index (χ1n) is 8.85. The first-order chi connectivity index (χ1) is 13.8. The van der Waals surface area contributed by atoms with Crippen LogP contribution >= 0.6 is 11.8 Å². The number of para-hydroxylation sites is 2. The Labute approximate surface area is 167 Å². The van der Waals surface area contributed by atoms with Crippen molar-refractivity contribution >= 4 is 11.8 Å². The van der Waals surface area contributed by atoms with Crippen LogP contribution in [-0.4, -0.2) is 14.8 Å². The van der Waals surface area contributed by atoms with Crippen LogP contribution in [-0.2, 0) is 12.4 Å². The summed E-state index contributed by atoms with van der Waals surface area (Å²) in [5, 5.41) is 9.40. The number of halogens is 1. The minimum Gasteiger partial charge on any atom is -0.483 e. The van der Waals surface area contributed by atoms with Crippen molar-refractivity contribution < 1.29 is 9.13 Å². The van der Waals surface area contributed by atoms with Crippen molar-refractivity contribution in [3.05, 3.63) is 102 Å². The fourth-order valence-electron chi connectivity index (χ4n) is 2.75. The van der Waals surface area contributed by atoms with Crippen molar-refractivity contribution in [2.24, 2.45) is 0 Å². The summed E-state index contributed by atoms with van der Waals surface area (Å²) in [6.45, 7) is 0.120. The third kappa shape index (κ3) is 4.23. The number of rotatable bonds is 7. The van der Waals surface area contributed by atoms with Crippen LogP contribution in [0.5, 0.6) is 5.75 Å². The third-order valence-corrected chi connectivity index (χ3v) is 5.12. The molecule has 0 aliphatic carbocycles. The van der Waals surface area contributed by atoms with E-state index in [2.05, 4.69) is 22.3 Å². The highest BCUT2D eigenvalue weighted by atomic mass is 32.2. The fourth-order valence-corrected chi connectivity index (χ4v) is 3.68. The van der Waals surface area contributed by atoms with E-state index < -0.39 is 5.82 Å². The molecular weight excluding hydrogens is 373 g/mol. The van der Waals surface area contributed by atoms with Crippen molar-refractivity contribution in [2.75, 3.05) is 0 Å². The van der Waals surface area contributed by atoms with Gasteiger partial charge in [-0.15, -0.1) is 10.2 Å². The molecule has 0 bridgehead atoms. The van der Waals surface area contributed by atoms with Crippen LogP contribution in [0.25, 0.3) is 5.69 Å². The summed E-state index contributed by atoms with van der Waals surface area (Å²) in [6.07, 6.45) is 0. The first-order valence-corrected chi connectivity index (χ1v) is 9.83. The van der Waals surface area contributed by atoms with E-state index in [4.69, 9.17) is 4.74 Å². The molecule has 6 heteroatoms. The predicted molar refractivity (Wildman–Crippen MR) is 108 cm³/mol. The maximum Gasteiger partial charge on any atom is 0.196 e. The van der Waals surface area contributed by atoms with Gasteiger partial charge in [0.1, 0.15) is 6.61 Å². The van der Waals surface area contributed by atoms with Crippen molar-refractivity contribution in [1.82, 2.24) is 14.8 Å². The number of ether oxygens (including phenoxy) is 1. The average molecular weight is 391 g/mol. The van der Waals surface area contributed by atoms with Gasteiger partial charge in [-0.05, 0) is 29.8 Å². The fraction of sp³-hybridized carbons (Fsp3) is 0.0909. The predicted octanol–water partition coefficient (Wildman–Crippen LogP) is 5.28. The van der Waals surface area contributed by atoms with Gasteiger partial charge in [0.05, 0.1) is 0 Å². The maximum atomic E-state index is 13.9. The zero-order valence-corrected chi connectivity index (χ0v) is 15.8. The summed E-state index contributed by atoms with van der Waals surface area (Å²) < 4.78 is 21.5. The summed E-state index contributed by atoms with van der Waals surface area (Å²) in [5.41, 5.74) is 2.15. The molecule has 4 aromatic rings. The third-order valence-electron chi connectivity index (χ3n) is 4.12. The van der Waals surface area contributed by atoms with Crippen LogP contribution < -0.4 is 4.74 Å². The molecule has 0 radical (unpaired) electrons. The molecule has 0 amide bonds. The number of nitrogens with zero attached hydrogens (tertiary/aromatic N) is 3. The topological polar surface area (TPSA) is 39.9 Å². The number of thioether (sulfide) groups is 1. The van der Waals surface area contributed by atoms with Gasteiger partial charge in [0.2, 0.25) is 0 Å². The monoisotopic (exact) mass is 391 g/mol. The lowest BCUT2D eigenvalue weighted by Gasteiger charge is -2.11. The quantitative estimate of drug-likeness (QED) is 0.402. The minimum atomic E-state index is -0.396. The van der Waals surface area contributed by atoms with E-state index in [-0.39, 0.29) is 12.4 Å². The second-order valence-electron chi connectivity index (χ2n) is 6.06. The van der Waals surface area contributed by atoms with Crippen LogP contribution in [0, 0.1) is 5.82 Å². The van der Waals surface area contributed by atoms with E-state index in [1.165, 1.54) is 11.6 Å². The Kier molecular flexibility index (Phi) is 5.68. The van der Waals surface area contributed by atoms with E-state index in [1.807, 2.05) is 53.1 Å². The number of hydrogen-bond acceptors (Lipinski definition) is 4. The molecule has 0 saturated heterocycles. The molecule has 0 saturated carbocycles. The van der Waals surface area contributed by atoms with Crippen molar-refractivity contribution in [2.45, 2.75) is 17.5 Å². The molecule has 4 nitrogen and oxygen atoms in total. The molecule has 140 valence electrons. The van der Waals surface area contributed by atoms with Gasteiger partial charge in [-0.2, -0.15) is 0 Å². The Hall–Kier alpha value is -3.12. The second kappa shape index (κ2) is 8.71. The van der Waals surface area contributed by atoms with E-state index in [0.29, 0.717) is 5.82 Å².